The second-order valence-electron chi connectivity index (χ2n) is 12.5. The molecular weight excluding hydrogens is 595 g/mol. The first-order valence-electron chi connectivity index (χ1n) is 16.6. The fourth-order valence-electron chi connectivity index (χ4n) is 7.05. The highest BCUT2D eigenvalue weighted by atomic mass is 14.9. The number of pyridine rings is 1. The Morgan fingerprint density at radius 1 is 0.347 bits per heavy atom. The van der Waals surface area contributed by atoms with Gasteiger partial charge < -0.3 is 0 Å². The molecular formula is C46H31N3. The van der Waals surface area contributed by atoms with Gasteiger partial charge in [-0.05, 0) is 92.3 Å². The highest BCUT2D eigenvalue weighted by Gasteiger charge is 2.16. The van der Waals surface area contributed by atoms with E-state index >= 15 is 0 Å². The van der Waals surface area contributed by atoms with Crippen molar-refractivity contribution in [2.24, 2.45) is 0 Å². The lowest BCUT2D eigenvalue weighted by Gasteiger charge is -2.15. The van der Waals surface area contributed by atoms with E-state index in [1.54, 1.807) is 0 Å². The molecule has 49 heavy (non-hydrogen) atoms. The smallest absolute Gasteiger partial charge is 0.160 e. The van der Waals surface area contributed by atoms with Gasteiger partial charge in [-0.2, -0.15) is 0 Å². The molecule has 0 atom stereocenters. The van der Waals surface area contributed by atoms with Crippen LogP contribution in [-0.4, -0.2) is 15.0 Å². The van der Waals surface area contributed by atoms with Crippen molar-refractivity contribution in [1.82, 2.24) is 15.0 Å². The Morgan fingerprint density at radius 2 is 0.857 bits per heavy atom. The van der Waals surface area contributed by atoms with Gasteiger partial charge in [-0.25, -0.2) is 9.97 Å². The summed E-state index contributed by atoms with van der Waals surface area (Å²) in [7, 11) is 0. The maximum absolute atomic E-state index is 5.19. The molecule has 9 rings (SSSR count). The molecule has 0 saturated heterocycles. The number of fused-ring (bicyclic) bond motifs is 6. The second kappa shape index (κ2) is 12.0. The summed E-state index contributed by atoms with van der Waals surface area (Å²) in [6.07, 6.45) is 1.85. The van der Waals surface area contributed by atoms with Crippen molar-refractivity contribution < 1.29 is 0 Å². The Hall–Kier alpha value is -6.45. The molecule has 3 heteroatoms. The summed E-state index contributed by atoms with van der Waals surface area (Å²) >= 11 is 0. The first-order chi connectivity index (χ1) is 24.2. The van der Waals surface area contributed by atoms with Gasteiger partial charge in [-0.15, -0.1) is 0 Å². The fourth-order valence-corrected chi connectivity index (χ4v) is 7.05. The maximum Gasteiger partial charge on any atom is 0.160 e. The molecule has 0 saturated carbocycles. The van der Waals surface area contributed by atoms with Crippen LogP contribution in [0.25, 0.3) is 88.5 Å². The van der Waals surface area contributed by atoms with Crippen LogP contribution >= 0.6 is 0 Å². The summed E-state index contributed by atoms with van der Waals surface area (Å²) in [5.41, 5.74) is 10.2. The number of aryl methyl sites for hydroxylation is 1. The van der Waals surface area contributed by atoms with Gasteiger partial charge in [-0.1, -0.05) is 127 Å². The molecule has 0 spiro atoms. The van der Waals surface area contributed by atoms with Gasteiger partial charge in [0.1, 0.15) is 0 Å². The lowest BCUT2D eigenvalue weighted by Crippen LogP contribution is -1.97. The number of hydrogen-bond acceptors (Lipinski definition) is 3. The summed E-state index contributed by atoms with van der Waals surface area (Å²) in [5, 5.41) is 7.56. The summed E-state index contributed by atoms with van der Waals surface area (Å²) in [6.45, 7) is 2.06. The van der Waals surface area contributed by atoms with E-state index in [1.807, 2.05) is 24.4 Å². The van der Waals surface area contributed by atoms with E-state index in [9.17, 15) is 0 Å². The predicted octanol–water partition coefficient (Wildman–Crippen LogP) is 12.0. The van der Waals surface area contributed by atoms with Crippen molar-refractivity contribution >= 4 is 32.3 Å². The van der Waals surface area contributed by atoms with Crippen molar-refractivity contribution in [3.05, 3.63) is 176 Å². The highest BCUT2D eigenvalue weighted by Crippen LogP contribution is 2.39. The molecule has 0 unspecified atom stereocenters. The molecule has 0 amide bonds. The normalized spacial score (nSPS) is 11.4. The average molecular weight is 626 g/mol. The second-order valence-corrected chi connectivity index (χ2v) is 12.5. The number of aromatic nitrogens is 3. The summed E-state index contributed by atoms with van der Waals surface area (Å²) in [4.78, 5) is 15.0. The van der Waals surface area contributed by atoms with Crippen molar-refractivity contribution in [2.75, 3.05) is 0 Å². The zero-order valence-corrected chi connectivity index (χ0v) is 27.0. The van der Waals surface area contributed by atoms with E-state index < -0.39 is 0 Å². The first-order valence-corrected chi connectivity index (χ1v) is 16.6. The molecule has 7 aromatic carbocycles. The maximum atomic E-state index is 5.19. The van der Waals surface area contributed by atoms with Crippen LogP contribution in [0.3, 0.4) is 0 Å². The zero-order valence-electron chi connectivity index (χ0n) is 27.0. The predicted molar refractivity (Wildman–Crippen MR) is 204 cm³/mol. The average Bonchev–Trinajstić information content (AvgIpc) is 3.18. The Labute approximate surface area is 285 Å². The van der Waals surface area contributed by atoms with Crippen molar-refractivity contribution in [3.8, 4) is 56.2 Å². The Bertz CT molecular complexity index is 2570. The minimum atomic E-state index is 0.682. The van der Waals surface area contributed by atoms with Crippen molar-refractivity contribution in [2.45, 2.75) is 6.92 Å². The largest absolute Gasteiger partial charge is 0.261 e. The van der Waals surface area contributed by atoms with Crippen LogP contribution in [0.1, 0.15) is 5.69 Å². The van der Waals surface area contributed by atoms with Gasteiger partial charge in [0.05, 0.1) is 11.4 Å². The van der Waals surface area contributed by atoms with E-state index in [0.717, 1.165) is 56.0 Å². The van der Waals surface area contributed by atoms with Crippen molar-refractivity contribution in [3.63, 3.8) is 0 Å². The van der Waals surface area contributed by atoms with Gasteiger partial charge in [0.15, 0.2) is 5.82 Å². The number of rotatable bonds is 5. The molecule has 2 aromatic heterocycles. The molecule has 0 N–H and O–H groups in total. The molecule has 9 aromatic rings. The van der Waals surface area contributed by atoms with Gasteiger partial charge in [-0.3, -0.25) is 4.98 Å². The third-order valence-electron chi connectivity index (χ3n) is 9.45. The monoisotopic (exact) mass is 625 g/mol. The molecule has 0 bridgehead atoms. The van der Waals surface area contributed by atoms with Gasteiger partial charge >= 0.3 is 0 Å². The number of benzene rings is 7. The quantitative estimate of drug-likeness (QED) is 0.179. The third-order valence-corrected chi connectivity index (χ3v) is 9.45. The number of nitrogens with zero attached hydrogens (tertiary/aromatic N) is 3. The Kier molecular flexibility index (Phi) is 7.02. The van der Waals surface area contributed by atoms with Crippen LogP contribution in [0, 0.1) is 6.92 Å². The lowest BCUT2D eigenvalue weighted by atomic mass is 9.90. The molecule has 230 valence electrons. The Balaban J connectivity index is 1.30. The third kappa shape index (κ3) is 5.22. The van der Waals surface area contributed by atoms with Crippen LogP contribution in [0.5, 0.6) is 0 Å². The number of hydrogen-bond donors (Lipinski definition) is 0. The van der Waals surface area contributed by atoms with E-state index in [-0.39, 0.29) is 0 Å². The van der Waals surface area contributed by atoms with E-state index in [0.29, 0.717) is 5.82 Å². The fraction of sp³-hybridized carbons (Fsp3) is 0.0217. The zero-order chi connectivity index (χ0) is 32.7. The molecule has 2 heterocycles. The topological polar surface area (TPSA) is 38.7 Å². The summed E-state index contributed by atoms with van der Waals surface area (Å²) in [6, 6.07) is 57.9. The summed E-state index contributed by atoms with van der Waals surface area (Å²) < 4.78 is 0. The van der Waals surface area contributed by atoms with E-state index in [1.165, 1.54) is 32.3 Å². The standard InChI is InChI=1S/C46H31N3/c1-30-37(21-12-24-47-30)35-25-34(33-22-23-42-40-19-9-8-17-38(40)39-18-10-11-20-41(39)43(42)28-33)26-36(27-35)46-48-44(31-13-4-2-5-14-31)29-45(49-46)32-15-6-3-7-16-32/h2-29H,1H3. The van der Waals surface area contributed by atoms with Crippen molar-refractivity contribution in [1.29, 1.82) is 0 Å². The van der Waals surface area contributed by atoms with E-state index in [4.69, 9.17) is 9.97 Å². The van der Waals surface area contributed by atoms with Crippen LogP contribution in [0.2, 0.25) is 0 Å². The lowest BCUT2D eigenvalue weighted by molar-refractivity contribution is 1.18. The minimum absolute atomic E-state index is 0.682. The molecule has 0 aliphatic rings. The van der Waals surface area contributed by atoms with Gasteiger partial charge in [0.2, 0.25) is 0 Å². The molecule has 0 aliphatic heterocycles. The van der Waals surface area contributed by atoms with Gasteiger partial charge in [0.25, 0.3) is 0 Å². The Morgan fingerprint density at radius 3 is 1.45 bits per heavy atom. The van der Waals surface area contributed by atoms with Gasteiger partial charge in [0, 0.05) is 34.1 Å². The summed E-state index contributed by atoms with van der Waals surface area (Å²) in [5.74, 6) is 0.682. The molecule has 3 nitrogen and oxygen atoms in total. The molecule has 0 radical (unpaired) electrons. The molecule has 0 aliphatic carbocycles. The highest BCUT2D eigenvalue weighted by molar-refractivity contribution is 6.25. The first kappa shape index (κ1) is 28.7. The SMILES string of the molecule is Cc1ncccc1-c1cc(-c2ccc3c4ccccc4c4ccccc4c3c2)cc(-c2nc(-c3ccccc3)cc(-c3ccccc3)n2)c1. The van der Waals surface area contributed by atoms with Crippen LogP contribution in [0.15, 0.2) is 170 Å². The van der Waals surface area contributed by atoms with Crippen LogP contribution < -0.4 is 0 Å². The van der Waals surface area contributed by atoms with Crippen LogP contribution in [0.4, 0.5) is 0 Å². The van der Waals surface area contributed by atoms with Crippen LogP contribution in [-0.2, 0) is 0 Å². The van der Waals surface area contributed by atoms with E-state index in [2.05, 4.69) is 158 Å². The minimum Gasteiger partial charge on any atom is -0.261 e. The molecule has 0 fully saturated rings.